The van der Waals surface area contributed by atoms with Gasteiger partial charge in [-0.2, -0.15) is 0 Å². The van der Waals surface area contributed by atoms with Crippen LogP contribution in [0.15, 0.2) is 84.9 Å². The Bertz CT molecular complexity index is 1480. The van der Waals surface area contributed by atoms with Crippen LogP contribution in [-0.4, -0.2) is 4.57 Å². The van der Waals surface area contributed by atoms with Gasteiger partial charge in [-0.1, -0.05) is 72.8 Å². The topological polar surface area (TPSA) is 4.93 Å². The Morgan fingerprint density at radius 1 is 0.462 bits per heavy atom. The molecule has 1 heteroatoms. The number of aryl methyl sites for hydroxylation is 1. The Morgan fingerprint density at radius 2 is 1.12 bits per heavy atom. The normalized spacial score (nSPS) is 12.0. The first-order chi connectivity index (χ1) is 12.8. The predicted molar refractivity (Wildman–Crippen MR) is 113 cm³/mol. The molecule has 0 spiro atoms. The van der Waals surface area contributed by atoms with E-state index < -0.39 is 0 Å². The summed E-state index contributed by atoms with van der Waals surface area (Å²) < 4.78 is 2.30. The van der Waals surface area contributed by atoms with Crippen LogP contribution in [0.4, 0.5) is 0 Å². The van der Waals surface area contributed by atoms with Gasteiger partial charge in [0.2, 0.25) is 0 Å². The van der Waals surface area contributed by atoms with Gasteiger partial charge >= 0.3 is 0 Å². The molecule has 5 aromatic carbocycles. The van der Waals surface area contributed by atoms with Crippen LogP contribution in [-0.2, 0) is 7.05 Å². The fourth-order valence-electron chi connectivity index (χ4n) is 4.57. The SMILES string of the molecule is Cn1c2ccccc2c2c3ccc4ccc5ccccc5c4c3ccc21. The van der Waals surface area contributed by atoms with E-state index in [0.29, 0.717) is 0 Å². The number of aromatic nitrogens is 1. The van der Waals surface area contributed by atoms with E-state index in [1.165, 1.54) is 54.1 Å². The van der Waals surface area contributed by atoms with Gasteiger partial charge in [0.25, 0.3) is 0 Å². The molecule has 0 saturated heterocycles. The van der Waals surface area contributed by atoms with Gasteiger partial charge in [0.15, 0.2) is 0 Å². The van der Waals surface area contributed by atoms with Crippen molar-refractivity contribution in [2.24, 2.45) is 7.05 Å². The number of hydrogen-bond acceptors (Lipinski definition) is 0. The van der Waals surface area contributed by atoms with Crippen molar-refractivity contribution >= 4 is 54.1 Å². The molecular formula is C25H17N. The van der Waals surface area contributed by atoms with E-state index in [1.54, 1.807) is 0 Å². The summed E-state index contributed by atoms with van der Waals surface area (Å²) in [5.74, 6) is 0. The molecule has 1 nitrogen and oxygen atoms in total. The van der Waals surface area contributed by atoms with Crippen molar-refractivity contribution in [3.05, 3.63) is 84.9 Å². The summed E-state index contributed by atoms with van der Waals surface area (Å²) in [6, 6.07) is 31.0. The molecule has 0 aliphatic rings. The van der Waals surface area contributed by atoms with Gasteiger partial charge in [0.05, 0.1) is 0 Å². The maximum atomic E-state index is 2.30. The summed E-state index contributed by atoms with van der Waals surface area (Å²) in [6.07, 6.45) is 0. The van der Waals surface area contributed by atoms with Crippen LogP contribution >= 0.6 is 0 Å². The molecule has 6 aromatic rings. The molecule has 6 rings (SSSR count). The highest BCUT2D eigenvalue weighted by Crippen LogP contribution is 2.38. The first kappa shape index (κ1) is 13.9. The molecule has 0 radical (unpaired) electrons. The lowest BCUT2D eigenvalue weighted by atomic mass is 9.94. The summed E-state index contributed by atoms with van der Waals surface area (Å²) in [6.45, 7) is 0. The van der Waals surface area contributed by atoms with Gasteiger partial charge in [-0.3, -0.25) is 0 Å². The minimum Gasteiger partial charge on any atom is -0.344 e. The quantitative estimate of drug-likeness (QED) is 0.270. The zero-order valence-electron chi connectivity index (χ0n) is 14.5. The summed E-state index contributed by atoms with van der Waals surface area (Å²) in [5, 5.41) is 10.6. The second-order valence-electron chi connectivity index (χ2n) is 7.08. The van der Waals surface area contributed by atoms with Gasteiger partial charge in [-0.05, 0) is 44.5 Å². The van der Waals surface area contributed by atoms with Crippen LogP contribution in [0.3, 0.4) is 0 Å². The Hall–Kier alpha value is -3.32. The largest absolute Gasteiger partial charge is 0.344 e. The van der Waals surface area contributed by atoms with E-state index in [4.69, 9.17) is 0 Å². The lowest BCUT2D eigenvalue weighted by Gasteiger charge is -2.09. The number of nitrogens with zero attached hydrogens (tertiary/aromatic N) is 1. The minimum absolute atomic E-state index is 1.29. The van der Waals surface area contributed by atoms with E-state index in [1.807, 2.05) is 0 Å². The van der Waals surface area contributed by atoms with Gasteiger partial charge in [-0.15, -0.1) is 0 Å². The first-order valence-corrected chi connectivity index (χ1v) is 9.03. The maximum Gasteiger partial charge on any atom is 0.0495 e. The molecule has 1 aromatic heterocycles. The van der Waals surface area contributed by atoms with Crippen LogP contribution in [0.1, 0.15) is 0 Å². The first-order valence-electron chi connectivity index (χ1n) is 9.03. The van der Waals surface area contributed by atoms with Crippen molar-refractivity contribution in [1.82, 2.24) is 4.57 Å². The standard InChI is InChI=1S/C25H17N/c1-26-22-9-5-4-8-21(22)25-20-13-12-17-11-10-16-6-2-3-7-18(16)24(17)19(20)14-15-23(25)26/h2-15H,1H3. The monoisotopic (exact) mass is 331 g/mol. The van der Waals surface area contributed by atoms with E-state index in [0.717, 1.165) is 0 Å². The van der Waals surface area contributed by atoms with E-state index in [-0.39, 0.29) is 0 Å². The zero-order chi connectivity index (χ0) is 17.3. The molecule has 122 valence electrons. The van der Waals surface area contributed by atoms with Crippen molar-refractivity contribution in [2.75, 3.05) is 0 Å². The smallest absolute Gasteiger partial charge is 0.0495 e. The molecule has 1 heterocycles. The molecule has 0 saturated carbocycles. The molecule has 0 fully saturated rings. The lowest BCUT2D eigenvalue weighted by molar-refractivity contribution is 1.01. The Labute approximate surface area is 151 Å². The van der Waals surface area contributed by atoms with Gasteiger partial charge in [0, 0.05) is 28.9 Å². The van der Waals surface area contributed by atoms with Crippen LogP contribution in [0, 0.1) is 0 Å². The molecule has 0 amide bonds. The van der Waals surface area contributed by atoms with Gasteiger partial charge < -0.3 is 4.57 Å². The number of hydrogen-bond donors (Lipinski definition) is 0. The number of para-hydroxylation sites is 1. The number of rotatable bonds is 0. The van der Waals surface area contributed by atoms with Crippen LogP contribution < -0.4 is 0 Å². The van der Waals surface area contributed by atoms with Crippen molar-refractivity contribution in [3.63, 3.8) is 0 Å². The fourth-order valence-corrected chi connectivity index (χ4v) is 4.57. The highest BCUT2D eigenvalue weighted by molar-refractivity contribution is 6.28. The van der Waals surface area contributed by atoms with Crippen molar-refractivity contribution < 1.29 is 0 Å². The van der Waals surface area contributed by atoms with Crippen molar-refractivity contribution in [2.45, 2.75) is 0 Å². The van der Waals surface area contributed by atoms with Crippen LogP contribution in [0.25, 0.3) is 54.1 Å². The average molecular weight is 331 g/mol. The maximum absolute atomic E-state index is 2.30. The zero-order valence-corrected chi connectivity index (χ0v) is 14.5. The molecule has 0 aliphatic heterocycles. The van der Waals surface area contributed by atoms with Crippen LogP contribution in [0.5, 0.6) is 0 Å². The van der Waals surface area contributed by atoms with Gasteiger partial charge in [0.1, 0.15) is 0 Å². The summed E-state index contributed by atoms with van der Waals surface area (Å²) in [7, 11) is 2.16. The second-order valence-corrected chi connectivity index (χ2v) is 7.08. The summed E-state index contributed by atoms with van der Waals surface area (Å²) >= 11 is 0. The highest BCUT2D eigenvalue weighted by atomic mass is 14.9. The molecule has 0 aliphatic carbocycles. The Morgan fingerprint density at radius 3 is 2.04 bits per heavy atom. The van der Waals surface area contributed by atoms with Crippen molar-refractivity contribution in [3.8, 4) is 0 Å². The summed E-state index contributed by atoms with van der Waals surface area (Å²) in [5.41, 5.74) is 2.58. The van der Waals surface area contributed by atoms with Crippen molar-refractivity contribution in [1.29, 1.82) is 0 Å². The summed E-state index contributed by atoms with van der Waals surface area (Å²) in [4.78, 5) is 0. The second kappa shape index (κ2) is 4.86. The van der Waals surface area contributed by atoms with E-state index >= 15 is 0 Å². The van der Waals surface area contributed by atoms with Crippen LogP contribution in [0.2, 0.25) is 0 Å². The number of benzene rings is 5. The molecule has 0 N–H and O–H groups in total. The molecule has 0 unspecified atom stereocenters. The third-order valence-electron chi connectivity index (χ3n) is 5.78. The third-order valence-corrected chi connectivity index (χ3v) is 5.78. The fraction of sp³-hybridized carbons (Fsp3) is 0.0400. The van der Waals surface area contributed by atoms with Gasteiger partial charge in [-0.25, -0.2) is 0 Å². The predicted octanol–water partition coefficient (Wildman–Crippen LogP) is 6.79. The highest BCUT2D eigenvalue weighted by Gasteiger charge is 2.13. The number of fused-ring (bicyclic) bond motifs is 9. The molecular weight excluding hydrogens is 314 g/mol. The minimum atomic E-state index is 1.29. The van der Waals surface area contributed by atoms with E-state index in [9.17, 15) is 0 Å². The Balaban J connectivity index is 1.94. The third kappa shape index (κ3) is 1.65. The Kier molecular flexibility index (Phi) is 2.60. The lowest BCUT2D eigenvalue weighted by Crippen LogP contribution is -1.86. The molecule has 26 heavy (non-hydrogen) atoms. The molecule has 0 atom stereocenters. The van der Waals surface area contributed by atoms with E-state index in [2.05, 4.69) is 96.5 Å². The molecule has 0 bridgehead atoms. The average Bonchev–Trinajstić information content (AvgIpc) is 3.00.